The topological polar surface area (TPSA) is 50.9 Å². The Morgan fingerprint density at radius 3 is 2.70 bits per heavy atom. The maximum absolute atomic E-state index is 11.6. The minimum atomic E-state index is -0.946. The van der Waals surface area contributed by atoms with E-state index in [0.717, 1.165) is 30.4 Å². The van der Waals surface area contributed by atoms with Crippen molar-refractivity contribution in [1.29, 1.82) is 0 Å². The minimum absolute atomic E-state index is 0.227. The highest BCUT2D eigenvalue weighted by Crippen LogP contribution is 2.48. The van der Waals surface area contributed by atoms with Crippen LogP contribution >= 0.6 is 11.6 Å². The summed E-state index contributed by atoms with van der Waals surface area (Å²) < 4.78 is 1.71. The van der Waals surface area contributed by atoms with E-state index in [2.05, 4.69) is 30.0 Å². The van der Waals surface area contributed by atoms with Crippen LogP contribution in [0.5, 0.6) is 0 Å². The van der Waals surface area contributed by atoms with E-state index in [1.54, 1.807) is 11.0 Å². The number of benzene rings is 1. The molecule has 0 radical (unpaired) electrons. The van der Waals surface area contributed by atoms with Crippen molar-refractivity contribution in [3.05, 3.63) is 53.1 Å². The molecule has 2 aromatic rings. The Bertz CT molecular complexity index is 692. The summed E-state index contributed by atoms with van der Waals surface area (Å²) in [6.45, 7) is 4.66. The first kappa shape index (κ1) is 16.2. The normalized spacial score (nSPS) is 25.7. The summed E-state index contributed by atoms with van der Waals surface area (Å²) >= 11 is 5.96. The molecule has 1 N–H and O–H groups in total. The Balaban J connectivity index is 2.00. The maximum Gasteiger partial charge on any atom is 0.137 e. The standard InChI is InChI=1S/C18H22ClN3O/c1-17(2)9-3-4-15(10-14-5-7-16(19)8-6-14)18(17,23)11-22-13-20-12-21-22/h5-8,10,12-13,23H,3-4,9,11H2,1-2H3. The summed E-state index contributed by atoms with van der Waals surface area (Å²) in [5, 5.41) is 16.5. The number of nitrogens with zero attached hydrogens (tertiary/aromatic N) is 3. The van der Waals surface area contributed by atoms with E-state index >= 15 is 0 Å². The lowest BCUT2D eigenvalue weighted by Crippen LogP contribution is -2.52. The van der Waals surface area contributed by atoms with Crippen LogP contribution in [0.15, 0.2) is 42.5 Å². The van der Waals surface area contributed by atoms with E-state index in [0.29, 0.717) is 11.6 Å². The molecule has 5 heteroatoms. The van der Waals surface area contributed by atoms with Crippen LogP contribution in [0.2, 0.25) is 5.02 Å². The zero-order chi connectivity index (χ0) is 16.5. The highest BCUT2D eigenvalue weighted by atomic mass is 35.5. The van der Waals surface area contributed by atoms with Crippen molar-refractivity contribution in [3.8, 4) is 0 Å². The van der Waals surface area contributed by atoms with Crippen LogP contribution in [0, 0.1) is 5.41 Å². The molecule has 1 saturated carbocycles. The molecule has 4 nitrogen and oxygen atoms in total. The molecule has 1 aromatic heterocycles. The fourth-order valence-electron chi connectivity index (χ4n) is 3.39. The van der Waals surface area contributed by atoms with Crippen LogP contribution in [-0.2, 0) is 6.54 Å². The Hall–Kier alpha value is -1.65. The molecule has 3 rings (SSSR count). The third-order valence-corrected chi connectivity index (χ3v) is 5.22. The Morgan fingerprint density at radius 2 is 2.04 bits per heavy atom. The smallest absolute Gasteiger partial charge is 0.137 e. The van der Waals surface area contributed by atoms with Gasteiger partial charge in [0.2, 0.25) is 0 Å². The lowest BCUT2D eigenvalue weighted by molar-refractivity contribution is -0.0692. The van der Waals surface area contributed by atoms with Gasteiger partial charge in [-0.3, -0.25) is 0 Å². The zero-order valence-electron chi connectivity index (χ0n) is 13.5. The first-order chi connectivity index (χ1) is 10.9. The number of aliphatic hydroxyl groups is 1. The van der Waals surface area contributed by atoms with Gasteiger partial charge in [0.25, 0.3) is 0 Å². The zero-order valence-corrected chi connectivity index (χ0v) is 14.3. The Labute approximate surface area is 141 Å². The average molecular weight is 332 g/mol. The van der Waals surface area contributed by atoms with Gasteiger partial charge in [0.05, 0.1) is 6.54 Å². The van der Waals surface area contributed by atoms with Crippen LogP contribution in [0.25, 0.3) is 6.08 Å². The predicted octanol–water partition coefficient (Wildman–Crippen LogP) is 3.96. The third kappa shape index (κ3) is 3.19. The first-order valence-corrected chi connectivity index (χ1v) is 8.30. The molecule has 1 heterocycles. The van der Waals surface area contributed by atoms with Crippen molar-refractivity contribution in [2.75, 3.05) is 0 Å². The van der Waals surface area contributed by atoms with Gasteiger partial charge in [-0.15, -0.1) is 0 Å². The van der Waals surface area contributed by atoms with Crippen molar-refractivity contribution in [2.24, 2.45) is 5.41 Å². The van der Waals surface area contributed by atoms with Crippen LogP contribution < -0.4 is 0 Å². The first-order valence-electron chi connectivity index (χ1n) is 7.92. The van der Waals surface area contributed by atoms with Gasteiger partial charge < -0.3 is 5.11 Å². The van der Waals surface area contributed by atoms with Crippen LogP contribution in [-0.4, -0.2) is 25.5 Å². The fraction of sp³-hybridized carbons (Fsp3) is 0.444. The van der Waals surface area contributed by atoms with Gasteiger partial charge in [0, 0.05) is 5.02 Å². The summed E-state index contributed by atoms with van der Waals surface area (Å²) in [5.74, 6) is 0. The predicted molar refractivity (Wildman–Crippen MR) is 92.0 cm³/mol. The monoisotopic (exact) mass is 331 g/mol. The number of hydrogen-bond donors (Lipinski definition) is 1. The number of halogens is 1. The van der Waals surface area contributed by atoms with Gasteiger partial charge >= 0.3 is 0 Å². The van der Waals surface area contributed by atoms with Crippen LogP contribution in [0.1, 0.15) is 38.7 Å². The summed E-state index contributed by atoms with van der Waals surface area (Å²) in [6.07, 6.45) is 8.19. The Morgan fingerprint density at radius 1 is 1.30 bits per heavy atom. The highest BCUT2D eigenvalue weighted by molar-refractivity contribution is 6.30. The van der Waals surface area contributed by atoms with Gasteiger partial charge in [0.1, 0.15) is 18.3 Å². The van der Waals surface area contributed by atoms with Crippen LogP contribution in [0.3, 0.4) is 0 Å². The van der Waals surface area contributed by atoms with Crippen molar-refractivity contribution in [2.45, 2.75) is 45.3 Å². The molecule has 1 unspecified atom stereocenters. The largest absolute Gasteiger partial charge is 0.383 e. The summed E-state index contributed by atoms with van der Waals surface area (Å²) in [7, 11) is 0. The molecule has 122 valence electrons. The van der Waals surface area contributed by atoms with Gasteiger partial charge in [-0.1, -0.05) is 43.7 Å². The van der Waals surface area contributed by atoms with E-state index in [1.165, 1.54) is 6.33 Å². The molecule has 0 amide bonds. The molecule has 1 fully saturated rings. The SMILES string of the molecule is CC1(C)CCCC(=Cc2ccc(Cl)cc2)C1(O)Cn1cncn1. The van der Waals surface area contributed by atoms with E-state index in [4.69, 9.17) is 11.6 Å². The summed E-state index contributed by atoms with van der Waals surface area (Å²) in [4.78, 5) is 3.99. The molecule has 1 aliphatic rings. The van der Waals surface area contributed by atoms with E-state index in [1.807, 2.05) is 24.3 Å². The molecule has 1 aromatic carbocycles. The van der Waals surface area contributed by atoms with Gasteiger partial charge in [-0.05, 0) is 47.9 Å². The summed E-state index contributed by atoms with van der Waals surface area (Å²) in [5.41, 5.74) is 0.930. The van der Waals surface area contributed by atoms with Crippen molar-refractivity contribution < 1.29 is 5.11 Å². The lowest BCUT2D eigenvalue weighted by atomic mass is 9.62. The van der Waals surface area contributed by atoms with Crippen molar-refractivity contribution in [3.63, 3.8) is 0 Å². The molecule has 0 aliphatic heterocycles. The quantitative estimate of drug-likeness (QED) is 0.926. The molecule has 23 heavy (non-hydrogen) atoms. The molecular formula is C18H22ClN3O. The van der Waals surface area contributed by atoms with E-state index in [-0.39, 0.29) is 5.41 Å². The second kappa shape index (κ2) is 6.10. The molecular weight excluding hydrogens is 310 g/mol. The molecule has 1 aliphatic carbocycles. The maximum atomic E-state index is 11.6. The number of rotatable bonds is 3. The highest BCUT2D eigenvalue weighted by Gasteiger charge is 2.48. The minimum Gasteiger partial charge on any atom is -0.383 e. The molecule has 0 spiro atoms. The van der Waals surface area contributed by atoms with E-state index < -0.39 is 5.60 Å². The lowest BCUT2D eigenvalue weighted by Gasteiger charge is -2.48. The van der Waals surface area contributed by atoms with Gasteiger partial charge in [-0.25, -0.2) is 9.67 Å². The number of hydrogen-bond acceptors (Lipinski definition) is 3. The van der Waals surface area contributed by atoms with Gasteiger partial charge in [-0.2, -0.15) is 5.10 Å². The third-order valence-electron chi connectivity index (χ3n) is 4.97. The second-order valence-electron chi connectivity index (χ2n) is 6.91. The Kier molecular flexibility index (Phi) is 4.30. The molecule has 1 atom stereocenters. The van der Waals surface area contributed by atoms with Crippen molar-refractivity contribution in [1.82, 2.24) is 14.8 Å². The second-order valence-corrected chi connectivity index (χ2v) is 7.35. The summed E-state index contributed by atoms with van der Waals surface area (Å²) in [6, 6.07) is 7.70. The van der Waals surface area contributed by atoms with Crippen LogP contribution in [0.4, 0.5) is 0 Å². The fourth-order valence-corrected chi connectivity index (χ4v) is 3.51. The van der Waals surface area contributed by atoms with Crippen molar-refractivity contribution >= 4 is 17.7 Å². The molecule has 0 bridgehead atoms. The number of aromatic nitrogens is 3. The average Bonchev–Trinajstić information content (AvgIpc) is 2.99. The molecule has 0 saturated heterocycles. The van der Waals surface area contributed by atoms with Gasteiger partial charge in [0.15, 0.2) is 0 Å². The van der Waals surface area contributed by atoms with E-state index in [9.17, 15) is 5.11 Å².